The maximum Gasteiger partial charge on any atom is 0.0558 e. The molecule has 17 heavy (non-hydrogen) atoms. The Hall–Kier alpha value is 0.217. The van der Waals surface area contributed by atoms with Gasteiger partial charge in [0.15, 0.2) is 0 Å². The maximum absolute atomic E-state index is 2.76. The highest BCUT2D eigenvalue weighted by Gasteiger charge is 2.25. The van der Waals surface area contributed by atoms with Gasteiger partial charge in [0, 0.05) is 0 Å². The summed E-state index contributed by atoms with van der Waals surface area (Å²) in [7, 11) is -0.924. The van der Waals surface area contributed by atoms with E-state index in [0.717, 1.165) is 0 Å². The summed E-state index contributed by atoms with van der Waals surface area (Å²) in [6.45, 7) is 9.50. The molecule has 0 rings (SSSR count). The molecule has 0 fully saturated rings. The smallest absolute Gasteiger partial charge is 0.0558 e. The Kier molecular flexibility index (Phi) is 11.5. The van der Waals surface area contributed by atoms with Crippen LogP contribution in [0.1, 0.15) is 79.1 Å². The van der Waals surface area contributed by atoms with Crippen LogP contribution < -0.4 is 0 Å². The zero-order chi connectivity index (χ0) is 13.0. The molecule has 0 saturated heterocycles. The Morgan fingerprint density at radius 2 is 1.12 bits per heavy atom. The van der Waals surface area contributed by atoms with Crippen molar-refractivity contribution in [1.29, 1.82) is 0 Å². The van der Waals surface area contributed by atoms with Crippen molar-refractivity contribution < 1.29 is 0 Å². The molecule has 0 aliphatic carbocycles. The van der Waals surface area contributed by atoms with Gasteiger partial charge in [0.2, 0.25) is 0 Å². The first kappa shape index (κ1) is 17.2. The standard InChI is InChI=1S/C16H35Si/c1-5-9-10-11-12-13-14-15-16-17(6-2,7-3)8-4/h16H,5-15H2,1-4H3. The van der Waals surface area contributed by atoms with Gasteiger partial charge in [-0.15, -0.1) is 0 Å². The van der Waals surface area contributed by atoms with E-state index >= 15 is 0 Å². The van der Waals surface area contributed by atoms with Gasteiger partial charge in [-0.05, 0) is 6.04 Å². The minimum absolute atomic E-state index is 0.924. The molecule has 0 aromatic carbocycles. The summed E-state index contributed by atoms with van der Waals surface area (Å²) >= 11 is 0. The maximum atomic E-state index is 2.76. The van der Waals surface area contributed by atoms with E-state index in [1.165, 1.54) is 69.5 Å². The van der Waals surface area contributed by atoms with Gasteiger partial charge in [0.1, 0.15) is 0 Å². The second-order valence-corrected chi connectivity index (χ2v) is 10.8. The molecule has 0 bridgehead atoms. The van der Waals surface area contributed by atoms with Crippen LogP contribution in [-0.4, -0.2) is 8.07 Å². The van der Waals surface area contributed by atoms with E-state index in [0.29, 0.717) is 0 Å². The van der Waals surface area contributed by atoms with Gasteiger partial charge in [-0.3, -0.25) is 0 Å². The fourth-order valence-electron chi connectivity index (χ4n) is 2.69. The molecule has 0 spiro atoms. The van der Waals surface area contributed by atoms with Crippen LogP contribution in [0.15, 0.2) is 0 Å². The first-order valence-electron chi connectivity index (χ1n) is 8.09. The lowest BCUT2D eigenvalue weighted by atomic mass is 10.1. The Bertz CT molecular complexity index is 141. The molecule has 1 heteroatoms. The lowest BCUT2D eigenvalue weighted by Gasteiger charge is -2.27. The van der Waals surface area contributed by atoms with Gasteiger partial charge in [-0.2, -0.15) is 0 Å². The molecule has 0 aliphatic rings. The van der Waals surface area contributed by atoms with Crippen molar-refractivity contribution in [2.45, 2.75) is 97.2 Å². The second kappa shape index (κ2) is 11.3. The Labute approximate surface area is 112 Å². The van der Waals surface area contributed by atoms with Crippen molar-refractivity contribution in [3.63, 3.8) is 0 Å². The quantitative estimate of drug-likeness (QED) is 0.280. The van der Waals surface area contributed by atoms with E-state index in [4.69, 9.17) is 0 Å². The van der Waals surface area contributed by atoms with Crippen LogP contribution in [-0.2, 0) is 0 Å². The third-order valence-corrected chi connectivity index (χ3v) is 9.88. The van der Waals surface area contributed by atoms with Crippen LogP contribution in [0.4, 0.5) is 0 Å². The Balaban J connectivity index is 3.43. The second-order valence-electron chi connectivity index (χ2n) is 5.54. The van der Waals surface area contributed by atoms with Gasteiger partial charge >= 0.3 is 0 Å². The highest BCUT2D eigenvalue weighted by molar-refractivity contribution is 6.82. The summed E-state index contributed by atoms with van der Waals surface area (Å²) in [4.78, 5) is 0. The third-order valence-electron chi connectivity index (χ3n) is 4.50. The molecule has 0 amide bonds. The number of rotatable bonds is 12. The highest BCUT2D eigenvalue weighted by Crippen LogP contribution is 2.25. The number of hydrogen-bond donors (Lipinski definition) is 0. The van der Waals surface area contributed by atoms with Crippen molar-refractivity contribution in [1.82, 2.24) is 0 Å². The van der Waals surface area contributed by atoms with Gasteiger partial charge < -0.3 is 0 Å². The largest absolute Gasteiger partial charge is 0.0678 e. The van der Waals surface area contributed by atoms with E-state index in [2.05, 4.69) is 33.7 Å². The van der Waals surface area contributed by atoms with Crippen LogP contribution in [0.25, 0.3) is 0 Å². The van der Waals surface area contributed by atoms with Crippen molar-refractivity contribution in [2.75, 3.05) is 0 Å². The van der Waals surface area contributed by atoms with Crippen molar-refractivity contribution in [3.8, 4) is 0 Å². The average molecular weight is 256 g/mol. The zero-order valence-electron chi connectivity index (χ0n) is 12.9. The van der Waals surface area contributed by atoms with Crippen molar-refractivity contribution in [3.05, 3.63) is 6.04 Å². The van der Waals surface area contributed by atoms with Crippen molar-refractivity contribution >= 4 is 8.07 Å². The normalized spacial score (nSPS) is 12.0. The van der Waals surface area contributed by atoms with Crippen LogP contribution in [0.5, 0.6) is 0 Å². The summed E-state index contributed by atoms with van der Waals surface area (Å²) < 4.78 is 0. The van der Waals surface area contributed by atoms with Crippen LogP contribution >= 0.6 is 0 Å². The van der Waals surface area contributed by atoms with E-state index in [1.54, 1.807) is 0 Å². The predicted molar refractivity (Wildman–Crippen MR) is 84.1 cm³/mol. The molecule has 1 radical (unpaired) electrons. The summed E-state index contributed by atoms with van der Waals surface area (Å²) in [6.07, 6.45) is 11.5. The molecule has 0 N–H and O–H groups in total. The topological polar surface area (TPSA) is 0 Å². The van der Waals surface area contributed by atoms with Gasteiger partial charge in [0.05, 0.1) is 8.07 Å². The molecular formula is C16H35Si. The van der Waals surface area contributed by atoms with Crippen LogP contribution in [0.3, 0.4) is 0 Å². The molecule has 0 unspecified atom stereocenters. The van der Waals surface area contributed by atoms with E-state index < -0.39 is 8.07 Å². The van der Waals surface area contributed by atoms with E-state index in [1.807, 2.05) is 0 Å². The van der Waals surface area contributed by atoms with E-state index in [9.17, 15) is 0 Å². The highest BCUT2D eigenvalue weighted by atomic mass is 28.3. The molecule has 0 heterocycles. The summed E-state index contributed by atoms with van der Waals surface area (Å²) in [5, 5.41) is 0. The fourth-order valence-corrected chi connectivity index (χ4v) is 5.88. The molecular weight excluding hydrogens is 220 g/mol. The molecule has 103 valence electrons. The monoisotopic (exact) mass is 255 g/mol. The van der Waals surface area contributed by atoms with Crippen LogP contribution in [0, 0.1) is 6.04 Å². The van der Waals surface area contributed by atoms with Gasteiger partial charge in [0.25, 0.3) is 0 Å². The zero-order valence-corrected chi connectivity index (χ0v) is 13.9. The lowest BCUT2D eigenvalue weighted by Crippen LogP contribution is -2.32. The predicted octanol–water partition coefficient (Wildman–Crippen LogP) is 6.38. The fraction of sp³-hybridized carbons (Fsp3) is 0.938. The summed E-state index contributed by atoms with van der Waals surface area (Å²) in [6, 6.07) is 7.13. The first-order chi connectivity index (χ1) is 8.24. The average Bonchev–Trinajstić information content (AvgIpc) is 2.38. The molecule has 0 nitrogen and oxygen atoms in total. The third kappa shape index (κ3) is 8.02. The van der Waals surface area contributed by atoms with E-state index in [-0.39, 0.29) is 0 Å². The minimum Gasteiger partial charge on any atom is -0.0678 e. The van der Waals surface area contributed by atoms with Crippen molar-refractivity contribution in [2.24, 2.45) is 0 Å². The summed E-state index contributed by atoms with van der Waals surface area (Å²) in [5.74, 6) is 0. The Morgan fingerprint density at radius 3 is 1.59 bits per heavy atom. The molecule has 0 aromatic heterocycles. The molecule has 0 saturated carbocycles. The molecule has 0 aromatic rings. The van der Waals surface area contributed by atoms with Crippen LogP contribution in [0.2, 0.25) is 18.1 Å². The van der Waals surface area contributed by atoms with Gasteiger partial charge in [-0.1, -0.05) is 97.2 Å². The Morgan fingerprint density at radius 1 is 0.647 bits per heavy atom. The van der Waals surface area contributed by atoms with Gasteiger partial charge in [-0.25, -0.2) is 0 Å². The molecule has 0 atom stereocenters. The number of hydrogen-bond acceptors (Lipinski definition) is 0. The lowest BCUT2D eigenvalue weighted by molar-refractivity contribution is 0.590. The molecule has 0 aliphatic heterocycles. The summed E-state index contributed by atoms with van der Waals surface area (Å²) in [5.41, 5.74) is 0. The SMILES string of the molecule is CCCCCCCCC[CH][Si](CC)(CC)CC. The first-order valence-corrected chi connectivity index (χ1v) is 10.8. The minimum atomic E-state index is -0.924. The number of unbranched alkanes of at least 4 members (excludes halogenated alkanes) is 7.